The van der Waals surface area contributed by atoms with Gasteiger partial charge in [-0.05, 0) is 24.1 Å². The van der Waals surface area contributed by atoms with Gasteiger partial charge in [-0.25, -0.2) is 4.98 Å². The number of benzene rings is 1. The number of aromatic amines is 1. The monoisotopic (exact) mass is 235 g/mol. The molecule has 0 bridgehead atoms. The highest BCUT2D eigenvalue weighted by Crippen LogP contribution is 2.19. The molecule has 0 aliphatic rings. The Morgan fingerprint density at radius 2 is 2.06 bits per heavy atom. The van der Waals surface area contributed by atoms with Crippen LogP contribution in [-0.4, -0.2) is 16.5 Å². The summed E-state index contributed by atoms with van der Waals surface area (Å²) >= 11 is 5.84. The predicted octanol–water partition coefficient (Wildman–Crippen LogP) is 2.35. The van der Waals surface area contributed by atoms with Crippen molar-refractivity contribution in [3.05, 3.63) is 53.1 Å². The van der Waals surface area contributed by atoms with Gasteiger partial charge in [0.2, 0.25) is 0 Å². The van der Waals surface area contributed by atoms with Crippen molar-refractivity contribution in [3.63, 3.8) is 0 Å². The quantitative estimate of drug-likeness (QED) is 0.855. The first-order chi connectivity index (χ1) is 7.79. The number of hydrogen-bond acceptors (Lipinski definition) is 2. The van der Waals surface area contributed by atoms with Crippen LogP contribution in [0.3, 0.4) is 0 Å². The molecule has 3 nitrogen and oxygen atoms in total. The number of nitrogens with one attached hydrogen (secondary N) is 1. The molecular formula is C12H14ClN3. The van der Waals surface area contributed by atoms with E-state index in [1.54, 1.807) is 6.33 Å². The van der Waals surface area contributed by atoms with Gasteiger partial charge in [0.25, 0.3) is 0 Å². The summed E-state index contributed by atoms with van der Waals surface area (Å²) in [5.74, 6) is 0.281. The lowest BCUT2D eigenvalue weighted by molar-refractivity contribution is 0.677. The summed E-state index contributed by atoms with van der Waals surface area (Å²) < 4.78 is 0. The summed E-state index contributed by atoms with van der Waals surface area (Å²) in [5, 5.41) is 0.759. The summed E-state index contributed by atoms with van der Waals surface area (Å²) in [6, 6.07) is 7.86. The van der Waals surface area contributed by atoms with Crippen molar-refractivity contribution in [2.24, 2.45) is 5.73 Å². The Kier molecular flexibility index (Phi) is 3.59. The van der Waals surface area contributed by atoms with E-state index in [9.17, 15) is 0 Å². The van der Waals surface area contributed by atoms with Gasteiger partial charge in [-0.3, -0.25) is 0 Å². The van der Waals surface area contributed by atoms with Crippen LogP contribution in [0.5, 0.6) is 0 Å². The van der Waals surface area contributed by atoms with Crippen LogP contribution in [0, 0.1) is 0 Å². The largest absolute Gasteiger partial charge is 0.348 e. The second kappa shape index (κ2) is 5.14. The molecule has 0 amide bonds. The van der Waals surface area contributed by atoms with E-state index in [0.29, 0.717) is 6.54 Å². The highest BCUT2D eigenvalue weighted by Gasteiger charge is 2.11. The minimum atomic E-state index is 0.281. The molecule has 1 aromatic carbocycles. The van der Waals surface area contributed by atoms with Gasteiger partial charge in [0.1, 0.15) is 0 Å². The highest BCUT2D eigenvalue weighted by atomic mass is 35.5. The molecule has 1 heterocycles. The lowest BCUT2D eigenvalue weighted by atomic mass is 9.97. The van der Waals surface area contributed by atoms with Gasteiger partial charge in [0.05, 0.1) is 6.33 Å². The molecule has 1 atom stereocenters. The molecular weight excluding hydrogens is 222 g/mol. The van der Waals surface area contributed by atoms with Gasteiger partial charge in [0, 0.05) is 29.4 Å². The van der Waals surface area contributed by atoms with Crippen LogP contribution in [0.2, 0.25) is 5.02 Å². The van der Waals surface area contributed by atoms with Gasteiger partial charge in [0.15, 0.2) is 0 Å². The number of nitrogens with two attached hydrogens (primary N) is 1. The van der Waals surface area contributed by atoms with Gasteiger partial charge in [-0.15, -0.1) is 0 Å². The van der Waals surface area contributed by atoms with Gasteiger partial charge in [-0.2, -0.15) is 0 Å². The predicted molar refractivity (Wildman–Crippen MR) is 65.5 cm³/mol. The van der Waals surface area contributed by atoms with E-state index in [1.165, 1.54) is 5.56 Å². The standard InChI is InChI=1S/C12H14ClN3/c13-11-3-1-9(2-4-11)5-10(6-14)12-7-15-8-16-12/h1-4,7-8,10H,5-6,14H2,(H,15,16). The minimum Gasteiger partial charge on any atom is -0.348 e. The normalized spacial score (nSPS) is 12.6. The van der Waals surface area contributed by atoms with Crippen LogP contribution in [0.4, 0.5) is 0 Å². The van der Waals surface area contributed by atoms with Crippen LogP contribution in [0.1, 0.15) is 17.2 Å². The number of hydrogen-bond donors (Lipinski definition) is 2. The molecule has 1 aromatic heterocycles. The second-order valence-electron chi connectivity index (χ2n) is 3.77. The Labute approximate surface area is 99.7 Å². The van der Waals surface area contributed by atoms with E-state index in [0.717, 1.165) is 17.1 Å². The second-order valence-corrected chi connectivity index (χ2v) is 4.21. The molecule has 1 unspecified atom stereocenters. The molecule has 2 aromatic rings. The molecule has 0 aliphatic heterocycles. The fraction of sp³-hybridized carbons (Fsp3) is 0.250. The lowest BCUT2D eigenvalue weighted by Crippen LogP contribution is -2.15. The smallest absolute Gasteiger partial charge is 0.0921 e. The Morgan fingerprint density at radius 3 is 2.62 bits per heavy atom. The van der Waals surface area contributed by atoms with E-state index >= 15 is 0 Å². The van der Waals surface area contributed by atoms with Crippen LogP contribution in [0.15, 0.2) is 36.8 Å². The number of rotatable bonds is 4. The molecule has 0 fully saturated rings. The van der Waals surface area contributed by atoms with Gasteiger partial charge >= 0.3 is 0 Å². The van der Waals surface area contributed by atoms with E-state index in [4.69, 9.17) is 17.3 Å². The van der Waals surface area contributed by atoms with Crippen LogP contribution in [-0.2, 0) is 6.42 Å². The van der Waals surface area contributed by atoms with Crippen LogP contribution < -0.4 is 5.73 Å². The van der Waals surface area contributed by atoms with Crippen LogP contribution in [0.25, 0.3) is 0 Å². The number of aromatic nitrogens is 2. The molecule has 0 aliphatic carbocycles. The molecule has 0 saturated heterocycles. The maximum absolute atomic E-state index is 5.84. The summed E-state index contributed by atoms with van der Waals surface area (Å²) in [7, 11) is 0. The fourth-order valence-corrected chi connectivity index (χ4v) is 1.84. The Morgan fingerprint density at radius 1 is 1.31 bits per heavy atom. The van der Waals surface area contributed by atoms with E-state index in [-0.39, 0.29) is 5.92 Å². The first-order valence-corrected chi connectivity index (χ1v) is 5.60. The van der Waals surface area contributed by atoms with Crippen molar-refractivity contribution in [1.82, 2.24) is 9.97 Å². The zero-order valence-corrected chi connectivity index (χ0v) is 9.61. The first kappa shape index (κ1) is 11.2. The first-order valence-electron chi connectivity index (χ1n) is 5.22. The Hall–Kier alpha value is -1.32. The van der Waals surface area contributed by atoms with Gasteiger partial charge in [-0.1, -0.05) is 23.7 Å². The van der Waals surface area contributed by atoms with E-state index in [1.807, 2.05) is 30.5 Å². The third-order valence-electron chi connectivity index (χ3n) is 2.64. The third-order valence-corrected chi connectivity index (χ3v) is 2.89. The number of H-pyrrole nitrogens is 1. The fourth-order valence-electron chi connectivity index (χ4n) is 1.72. The molecule has 84 valence electrons. The maximum Gasteiger partial charge on any atom is 0.0921 e. The zero-order valence-electron chi connectivity index (χ0n) is 8.86. The third kappa shape index (κ3) is 2.62. The summed E-state index contributed by atoms with van der Waals surface area (Å²) in [6.07, 6.45) is 4.41. The average Bonchev–Trinajstić information content (AvgIpc) is 2.82. The molecule has 16 heavy (non-hydrogen) atoms. The lowest BCUT2D eigenvalue weighted by Gasteiger charge is -2.12. The van der Waals surface area contributed by atoms with E-state index in [2.05, 4.69) is 9.97 Å². The van der Waals surface area contributed by atoms with Gasteiger partial charge < -0.3 is 10.7 Å². The molecule has 0 radical (unpaired) electrons. The molecule has 3 N–H and O–H groups in total. The number of nitrogens with zero attached hydrogens (tertiary/aromatic N) is 1. The van der Waals surface area contributed by atoms with Crippen molar-refractivity contribution in [3.8, 4) is 0 Å². The molecule has 4 heteroatoms. The minimum absolute atomic E-state index is 0.281. The summed E-state index contributed by atoms with van der Waals surface area (Å²) in [5.41, 5.74) is 8.08. The van der Waals surface area contributed by atoms with Crippen LogP contribution >= 0.6 is 11.6 Å². The topological polar surface area (TPSA) is 54.7 Å². The SMILES string of the molecule is NCC(Cc1ccc(Cl)cc1)c1cnc[nH]1. The van der Waals surface area contributed by atoms with Crippen molar-refractivity contribution in [1.29, 1.82) is 0 Å². The average molecular weight is 236 g/mol. The summed E-state index contributed by atoms with van der Waals surface area (Å²) in [6.45, 7) is 0.602. The van der Waals surface area contributed by atoms with Crippen molar-refractivity contribution in [2.75, 3.05) is 6.54 Å². The summed E-state index contributed by atoms with van der Waals surface area (Å²) in [4.78, 5) is 7.12. The molecule has 0 spiro atoms. The highest BCUT2D eigenvalue weighted by molar-refractivity contribution is 6.30. The zero-order chi connectivity index (χ0) is 11.4. The molecule has 0 saturated carbocycles. The maximum atomic E-state index is 5.84. The number of halogens is 1. The molecule has 2 rings (SSSR count). The van der Waals surface area contributed by atoms with Crippen molar-refractivity contribution in [2.45, 2.75) is 12.3 Å². The van der Waals surface area contributed by atoms with Crippen molar-refractivity contribution >= 4 is 11.6 Å². The Balaban J connectivity index is 2.10. The van der Waals surface area contributed by atoms with E-state index < -0.39 is 0 Å². The van der Waals surface area contributed by atoms with Crippen molar-refractivity contribution < 1.29 is 0 Å². The number of imidazole rings is 1. The Bertz CT molecular complexity index is 422.